The van der Waals surface area contributed by atoms with Crippen molar-refractivity contribution in [2.75, 3.05) is 5.32 Å². The van der Waals surface area contributed by atoms with E-state index in [1.165, 1.54) is 6.07 Å². The van der Waals surface area contributed by atoms with E-state index in [-0.39, 0.29) is 6.04 Å². The van der Waals surface area contributed by atoms with E-state index >= 15 is 0 Å². The van der Waals surface area contributed by atoms with Crippen LogP contribution in [0.3, 0.4) is 0 Å². The Morgan fingerprint density at radius 1 is 1.48 bits per heavy atom. The molecule has 0 aliphatic rings. The predicted molar refractivity (Wildman–Crippen MR) is 77.5 cm³/mol. The molecule has 0 aliphatic carbocycles. The fourth-order valence-corrected chi connectivity index (χ4v) is 2.01. The first-order valence-corrected chi connectivity index (χ1v) is 6.79. The molecule has 23 heavy (non-hydrogen) atoms. The van der Waals surface area contributed by atoms with Crippen LogP contribution < -0.4 is 10.1 Å². The Morgan fingerprint density at radius 3 is 2.74 bits per heavy atom. The van der Waals surface area contributed by atoms with E-state index in [1.807, 2.05) is 6.92 Å². The van der Waals surface area contributed by atoms with E-state index < -0.39 is 23.0 Å². The van der Waals surface area contributed by atoms with Crippen LogP contribution in [0.1, 0.15) is 31.0 Å². The minimum absolute atomic E-state index is 0.277. The number of nitrogens with one attached hydrogen (secondary N) is 2. The first-order chi connectivity index (χ1) is 10.9. The molecule has 1 aromatic carbocycles. The van der Waals surface area contributed by atoms with Crippen LogP contribution >= 0.6 is 0 Å². The van der Waals surface area contributed by atoms with Gasteiger partial charge in [0.2, 0.25) is 5.75 Å². The Morgan fingerprint density at radius 2 is 2.22 bits per heavy atom. The highest BCUT2D eigenvalue weighted by Crippen LogP contribution is 2.32. The molecular formula is C13H15F2N5O3. The zero-order valence-electron chi connectivity index (χ0n) is 12.4. The number of anilines is 1. The van der Waals surface area contributed by atoms with E-state index in [4.69, 9.17) is 0 Å². The van der Waals surface area contributed by atoms with Gasteiger partial charge < -0.3 is 10.1 Å². The number of alkyl halides is 2. The van der Waals surface area contributed by atoms with Crippen molar-refractivity contribution in [2.45, 2.75) is 32.9 Å². The molecule has 1 aromatic heterocycles. The number of H-pyrrole nitrogens is 1. The van der Waals surface area contributed by atoms with Crippen molar-refractivity contribution < 1.29 is 18.4 Å². The maximum absolute atomic E-state index is 12.4. The van der Waals surface area contributed by atoms with Crippen molar-refractivity contribution in [3.8, 4) is 5.75 Å². The summed E-state index contributed by atoms with van der Waals surface area (Å²) in [5.74, 6) is 0.654. The van der Waals surface area contributed by atoms with Gasteiger partial charge in [-0.05, 0) is 19.4 Å². The number of hydrogen-bond donors (Lipinski definition) is 2. The van der Waals surface area contributed by atoms with Crippen LogP contribution in [0.5, 0.6) is 5.75 Å². The molecule has 0 saturated carbocycles. The number of halogens is 2. The molecule has 0 amide bonds. The number of aromatic nitrogens is 3. The maximum atomic E-state index is 12.4. The molecule has 124 valence electrons. The number of rotatable bonds is 7. The van der Waals surface area contributed by atoms with Gasteiger partial charge in [0, 0.05) is 17.8 Å². The Bertz CT molecular complexity index is 692. The number of aromatic amines is 1. The van der Waals surface area contributed by atoms with Crippen molar-refractivity contribution in [1.82, 2.24) is 15.2 Å². The smallest absolute Gasteiger partial charge is 0.387 e. The molecule has 2 aromatic rings. The van der Waals surface area contributed by atoms with Crippen LogP contribution in [0.2, 0.25) is 0 Å². The zero-order valence-corrected chi connectivity index (χ0v) is 12.4. The van der Waals surface area contributed by atoms with Gasteiger partial charge in [-0.25, -0.2) is 4.98 Å². The minimum atomic E-state index is -3.15. The van der Waals surface area contributed by atoms with Crippen molar-refractivity contribution in [2.24, 2.45) is 0 Å². The number of nitro benzene ring substituents is 1. The van der Waals surface area contributed by atoms with Crippen molar-refractivity contribution in [3.63, 3.8) is 0 Å². The first-order valence-electron chi connectivity index (χ1n) is 6.79. The largest absolute Gasteiger partial charge is 0.427 e. The monoisotopic (exact) mass is 327 g/mol. The van der Waals surface area contributed by atoms with Gasteiger partial charge in [-0.15, -0.1) is 0 Å². The van der Waals surface area contributed by atoms with Gasteiger partial charge in [0.25, 0.3) is 0 Å². The van der Waals surface area contributed by atoms with E-state index in [0.717, 1.165) is 12.1 Å². The van der Waals surface area contributed by atoms with Gasteiger partial charge >= 0.3 is 12.3 Å². The van der Waals surface area contributed by atoms with Crippen molar-refractivity contribution in [3.05, 3.63) is 40.0 Å². The molecule has 2 rings (SSSR count). The highest BCUT2D eigenvalue weighted by atomic mass is 19.3. The average molecular weight is 327 g/mol. The predicted octanol–water partition coefficient (Wildman–Crippen LogP) is 3.19. The van der Waals surface area contributed by atoms with Gasteiger partial charge in [-0.2, -0.15) is 13.9 Å². The standard InChI is InChI=1S/C13H15F2N5O3/c1-3-9(12-16-7(2)18-19-12)17-8-4-5-10(20(21)22)11(6-8)23-13(14)15/h4-6,9,13,17H,3H2,1-2H3,(H,16,18,19). The summed E-state index contributed by atoms with van der Waals surface area (Å²) < 4.78 is 29.0. The second-order valence-electron chi connectivity index (χ2n) is 4.70. The Hall–Kier alpha value is -2.78. The molecule has 8 nitrogen and oxygen atoms in total. The van der Waals surface area contributed by atoms with E-state index in [9.17, 15) is 18.9 Å². The fraction of sp³-hybridized carbons (Fsp3) is 0.385. The number of nitro groups is 1. The van der Waals surface area contributed by atoms with E-state index in [1.54, 1.807) is 6.92 Å². The number of nitrogens with zero attached hydrogens (tertiary/aromatic N) is 3. The first kappa shape index (κ1) is 16.6. The second-order valence-corrected chi connectivity index (χ2v) is 4.70. The molecule has 2 N–H and O–H groups in total. The molecule has 0 bridgehead atoms. The lowest BCUT2D eigenvalue weighted by Gasteiger charge is -2.16. The summed E-state index contributed by atoms with van der Waals surface area (Å²) in [4.78, 5) is 14.3. The number of benzene rings is 1. The third-order valence-electron chi connectivity index (χ3n) is 3.05. The molecule has 0 aliphatic heterocycles. The molecule has 1 heterocycles. The van der Waals surface area contributed by atoms with Crippen LogP contribution in [0.25, 0.3) is 0 Å². The number of aryl methyl sites for hydroxylation is 1. The summed E-state index contributed by atoms with van der Waals surface area (Å²) in [5.41, 5.74) is -0.141. The Balaban J connectivity index is 2.26. The van der Waals surface area contributed by atoms with Crippen LogP contribution in [-0.4, -0.2) is 26.7 Å². The van der Waals surface area contributed by atoms with Crippen LogP contribution in [0, 0.1) is 17.0 Å². The number of hydrogen-bond acceptors (Lipinski definition) is 6. The quantitative estimate of drug-likeness (QED) is 0.597. The Labute approximate surface area is 130 Å². The molecule has 1 atom stereocenters. The maximum Gasteiger partial charge on any atom is 0.387 e. The molecule has 0 saturated heterocycles. The third kappa shape index (κ3) is 4.11. The van der Waals surface area contributed by atoms with Gasteiger partial charge in [0.05, 0.1) is 11.0 Å². The lowest BCUT2D eigenvalue weighted by Crippen LogP contribution is -2.12. The SMILES string of the molecule is CCC(Nc1ccc([N+](=O)[O-])c(OC(F)F)c1)c1n[nH]c(C)n1. The van der Waals surface area contributed by atoms with Gasteiger partial charge in [-0.1, -0.05) is 6.92 Å². The fourth-order valence-electron chi connectivity index (χ4n) is 2.01. The van der Waals surface area contributed by atoms with E-state index in [2.05, 4.69) is 25.2 Å². The van der Waals surface area contributed by atoms with Crippen molar-refractivity contribution >= 4 is 11.4 Å². The topological polar surface area (TPSA) is 106 Å². The summed E-state index contributed by atoms with van der Waals surface area (Å²) in [7, 11) is 0. The molecule has 10 heteroatoms. The zero-order chi connectivity index (χ0) is 17.0. The summed E-state index contributed by atoms with van der Waals surface area (Å²) >= 11 is 0. The van der Waals surface area contributed by atoms with E-state index in [0.29, 0.717) is 23.8 Å². The lowest BCUT2D eigenvalue weighted by atomic mass is 10.2. The van der Waals surface area contributed by atoms with Gasteiger partial charge in [0.15, 0.2) is 5.82 Å². The molecular weight excluding hydrogens is 312 g/mol. The average Bonchev–Trinajstić information content (AvgIpc) is 2.90. The molecule has 0 spiro atoms. The summed E-state index contributed by atoms with van der Waals surface area (Å²) in [5, 5.41) is 20.7. The molecule has 0 fully saturated rings. The highest BCUT2D eigenvalue weighted by Gasteiger charge is 2.21. The lowest BCUT2D eigenvalue weighted by molar-refractivity contribution is -0.386. The highest BCUT2D eigenvalue weighted by molar-refractivity contribution is 5.58. The Kier molecular flexibility index (Phi) is 5.04. The van der Waals surface area contributed by atoms with Crippen LogP contribution in [0.4, 0.5) is 20.2 Å². The molecule has 0 radical (unpaired) electrons. The second kappa shape index (κ2) is 6.99. The minimum Gasteiger partial charge on any atom is -0.427 e. The van der Waals surface area contributed by atoms with Crippen LogP contribution in [-0.2, 0) is 0 Å². The summed E-state index contributed by atoms with van der Waals surface area (Å²) in [6.45, 7) is 0.496. The normalized spacial score (nSPS) is 12.2. The molecule has 1 unspecified atom stereocenters. The van der Waals surface area contributed by atoms with Crippen molar-refractivity contribution in [1.29, 1.82) is 0 Å². The van der Waals surface area contributed by atoms with Gasteiger partial charge in [-0.3, -0.25) is 15.2 Å². The number of ether oxygens (including phenoxy) is 1. The van der Waals surface area contributed by atoms with Gasteiger partial charge in [0.1, 0.15) is 5.82 Å². The summed E-state index contributed by atoms with van der Waals surface area (Å²) in [6.07, 6.45) is 0.624. The summed E-state index contributed by atoms with van der Waals surface area (Å²) in [6, 6.07) is 3.40. The third-order valence-corrected chi connectivity index (χ3v) is 3.05. The van der Waals surface area contributed by atoms with Crippen LogP contribution in [0.15, 0.2) is 18.2 Å².